The molecule has 2 aliphatic rings. The summed E-state index contributed by atoms with van der Waals surface area (Å²) < 4.78 is 5.40. The first-order valence-electron chi connectivity index (χ1n) is 9.03. The number of carbonyl (C=O) groups is 1. The summed E-state index contributed by atoms with van der Waals surface area (Å²) in [6.45, 7) is 5.35. The van der Waals surface area contributed by atoms with E-state index < -0.39 is 0 Å². The van der Waals surface area contributed by atoms with E-state index in [0.29, 0.717) is 0 Å². The molecule has 5 heteroatoms. The monoisotopic (exact) mass is 339 g/mol. The normalized spacial score (nSPS) is 18.9. The molecule has 1 N–H and O–H groups in total. The molecule has 0 atom stereocenters. The molecular formula is C20H25N3O2. The van der Waals surface area contributed by atoms with Crippen LogP contribution in [0.3, 0.4) is 0 Å². The summed E-state index contributed by atoms with van der Waals surface area (Å²) in [5, 5.41) is 12.3. The van der Waals surface area contributed by atoms with Gasteiger partial charge in [-0.05, 0) is 49.1 Å². The van der Waals surface area contributed by atoms with Gasteiger partial charge in [-0.2, -0.15) is 5.26 Å². The summed E-state index contributed by atoms with van der Waals surface area (Å²) in [7, 11) is 0. The predicted octanol–water partition coefficient (Wildman–Crippen LogP) is 2.80. The van der Waals surface area contributed by atoms with E-state index in [9.17, 15) is 10.1 Å². The molecular weight excluding hydrogens is 314 g/mol. The van der Waals surface area contributed by atoms with Crippen LogP contribution >= 0.6 is 0 Å². The van der Waals surface area contributed by atoms with Crippen LogP contribution in [0.4, 0.5) is 5.69 Å². The van der Waals surface area contributed by atoms with Crippen LogP contribution in [-0.2, 0) is 9.53 Å². The Morgan fingerprint density at radius 1 is 1.32 bits per heavy atom. The Bertz CT molecular complexity index is 693. The number of nitriles is 1. The van der Waals surface area contributed by atoms with Crippen molar-refractivity contribution in [3.63, 3.8) is 0 Å². The number of morpholine rings is 1. The van der Waals surface area contributed by atoms with Gasteiger partial charge in [-0.3, -0.25) is 4.79 Å². The van der Waals surface area contributed by atoms with Crippen LogP contribution in [0, 0.1) is 18.3 Å². The minimum atomic E-state index is -0.260. The zero-order valence-electron chi connectivity index (χ0n) is 14.8. The van der Waals surface area contributed by atoms with Crippen molar-refractivity contribution in [2.45, 2.75) is 38.6 Å². The molecule has 1 aliphatic heterocycles. The summed E-state index contributed by atoms with van der Waals surface area (Å²) in [5.74, 6) is -0.260. The van der Waals surface area contributed by atoms with Crippen molar-refractivity contribution in [2.24, 2.45) is 0 Å². The minimum absolute atomic E-state index is 0.172. The zero-order chi connectivity index (χ0) is 17.6. The van der Waals surface area contributed by atoms with E-state index in [1.807, 2.05) is 18.2 Å². The number of rotatable bonds is 4. The number of benzene rings is 1. The molecule has 1 aliphatic carbocycles. The number of anilines is 1. The van der Waals surface area contributed by atoms with Crippen LogP contribution < -0.4 is 10.2 Å². The Morgan fingerprint density at radius 2 is 2.04 bits per heavy atom. The maximum atomic E-state index is 12.3. The van der Waals surface area contributed by atoms with Crippen molar-refractivity contribution in [3.05, 3.63) is 34.9 Å². The van der Waals surface area contributed by atoms with Gasteiger partial charge in [0.05, 0.1) is 13.2 Å². The number of aryl methyl sites for hydroxylation is 1. The molecule has 132 valence electrons. The van der Waals surface area contributed by atoms with E-state index in [1.54, 1.807) is 6.08 Å². The number of hydrogen-bond acceptors (Lipinski definition) is 4. The van der Waals surface area contributed by atoms with Gasteiger partial charge in [-0.25, -0.2) is 0 Å². The minimum Gasteiger partial charge on any atom is -0.378 e. The number of ether oxygens (including phenoxy) is 1. The van der Waals surface area contributed by atoms with E-state index in [2.05, 4.69) is 23.2 Å². The largest absolute Gasteiger partial charge is 0.378 e. The molecule has 1 saturated carbocycles. The lowest BCUT2D eigenvalue weighted by atomic mass is 10.1. The molecule has 1 aromatic carbocycles. The van der Waals surface area contributed by atoms with Gasteiger partial charge in [0.15, 0.2) is 0 Å². The van der Waals surface area contributed by atoms with Crippen LogP contribution in [0.25, 0.3) is 6.08 Å². The smallest absolute Gasteiger partial charge is 0.262 e. The van der Waals surface area contributed by atoms with Crippen molar-refractivity contribution >= 4 is 17.7 Å². The Kier molecular flexibility index (Phi) is 5.72. The molecule has 0 radical (unpaired) electrons. The van der Waals surface area contributed by atoms with Gasteiger partial charge in [0.2, 0.25) is 0 Å². The highest BCUT2D eigenvalue weighted by molar-refractivity contribution is 6.01. The van der Waals surface area contributed by atoms with Crippen LogP contribution in [0.5, 0.6) is 0 Å². The second-order valence-corrected chi connectivity index (χ2v) is 6.77. The van der Waals surface area contributed by atoms with Crippen molar-refractivity contribution in [2.75, 3.05) is 31.2 Å². The fourth-order valence-electron chi connectivity index (χ4n) is 3.58. The summed E-state index contributed by atoms with van der Waals surface area (Å²) in [4.78, 5) is 14.6. The highest BCUT2D eigenvalue weighted by Gasteiger charge is 2.19. The number of carbonyl (C=O) groups excluding carboxylic acids is 1. The standard InChI is InChI=1S/C20H25N3O2/c1-15-12-16(6-7-19(15)23-8-10-25-11-9-23)13-17(14-21)20(24)22-18-4-2-3-5-18/h6-7,12-13,18H,2-5,8-11H2,1H3,(H,22,24)/b17-13-. The average molecular weight is 339 g/mol. The van der Waals surface area contributed by atoms with Crippen LogP contribution in [-0.4, -0.2) is 38.3 Å². The third kappa shape index (κ3) is 4.40. The number of amides is 1. The van der Waals surface area contributed by atoms with Gasteiger partial charge in [-0.1, -0.05) is 18.9 Å². The topological polar surface area (TPSA) is 65.4 Å². The molecule has 25 heavy (non-hydrogen) atoms. The number of nitrogens with zero attached hydrogens (tertiary/aromatic N) is 2. The molecule has 3 rings (SSSR count). The fraction of sp³-hybridized carbons (Fsp3) is 0.500. The lowest BCUT2D eigenvalue weighted by molar-refractivity contribution is -0.117. The highest BCUT2D eigenvalue weighted by Crippen LogP contribution is 2.23. The van der Waals surface area contributed by atoms with Gasteiger partial charge in [0.1, 0.15) is 11.6 Å². The van der Waals surface area contributed by atoms with Crippen molar-refractivity contribution < 1.29 is 9.53 Å². The quantitative estimate of drug-likeness (QED) is 0.677. The lowest BCUT2D eigenvalue weighted by Crippen LogP contribution is -2.36. The lowest BCUT2D eigenvalue weighted by Gasteiger charge is -2.30. The van der Waals surface area contributed by atoms with Gasteiger partial charge >= 0.3 is 0 Å². The maximum absolute atomic E-state index is 12.3. The molecule has 1 amide bonds. The molecule has 5 nitrogen and oxygen atoms in total. The Hall–Kier alpha value is -2.32. The first kappa shape index (κ1) is 17.5. The molecule has 0 bridgehead atoms. The Balaban J connectivity index is 1.73. The van der Waals surface area contributed by atoms with Gasteiger partial charge in [0, 0.05) is 24.8 Å². The Labute approximate surface area is 149 Å². The van der Waals surface area contributed by atoms with Gasteiger partial charge < -0.3 is 15.0 Å². The van der Waals surface area contributed by atoms with Gasteiger partial charge in [0.25, 0.3) is 5.91 Å². The van der Waals surface area contributed by atoms with Crippen LogP contribution in [0.15, 0.2) is 23.8 Å². The Morgan fingerprint density at radius 3 is 2.68 bits per heavy atom. The van der Waals surface area contributed by atoms with E-state index in [4.69, 9.17) is 4.74 Å². The number of nitrogens with one attached hydrogen (secondary N) is 1. The molecule has 0 spiro atoms. The van der Waals surface area contributed by atoms with Crippen molar-refractivity contribution in [1.82, 2.24) is 5.32 Å². The summed E-state index contributed by atoms with van der Waals surface area (Å²) in [5.41, 5.74) is 3.39. The third-order valence-corrected chi connectivity index (χ3v) is 4.94. The number of hydrogen-bond donors (Lipinski definition) is 1. The average Bonchev–Trinajstić information content (AvgIpc) is 3.13. The molecule has 0 unspecified atom stereocenters. The fourth-order valence-corrected chi connectivity index (χ4v) is 3.58. The van der Waals surface area contributed by atoms with E-state index in [1.165, 1.54) is 5.69 Å². The first-order chi connectivity index (χ1) is 12.2. The van der Waals surface area contributed by atoms with E-state index in [-0.39, 0.29) is 17.5 Å². The SMILES string of the molecule is Cc1cc(/C=C(/C#N)C(=O)NC2CCCC2)ccc1N1CCOCC1. The molecule has 1 saturated heterocycles. The zero-order valence-corrected chi connectivity index (χ0v) is 14.8. The van der Waals surface area contributed by atoms with Gasteiger partial charge in [-0.15, -0.1) is 0 Å². The highest BCUT2D eigenvalue weighted by atomic mass is 16.5. The first-order valence-corrected chi connectivity index (χ1v) is 9.03. The van der Waals surface area contributed by atoms with E-state index in [0.717, 1.165) is 63.1 Å². The maximum Gasteiger partial charge on any atom is 0.262 e. The molecule has 1 heterocycles. The van der Waals surface area contributed by atoms with Crippen molar-refractivity contribution in [1.29, 1.82) is 5.26 Å². The summed E-state index contributed by atoms with van der Waals surface area (Å²) >= 11 is 0. The molecule has 0 aromatic heterocycles. The van der Waals surface area contributed by atoms with Crippen LogP contribution in [0.2, 0.25) is 0 Å². The summed E-state index contributed by atoms with van der Waals surface area (Å²) in [6.07, 6.45) is 6.01. The second kappa shape index (κ2) is 8.17. The van der Waals surface area contributed by atoms with Crippen LogP contribution in [0.1, 0.15) is 36.8 Å². The predicted molar refractivity (Wildman–Crippen MR) is 98.2 cm³/mol. The molecule has 2 fully saturated rings. The van der Waals surface area contributed by atoms with E-state index >= 15 is 0 Å². The van der Waals surface area contributed by atoms with Crippen molar-refractivity contribution in [3.8, 4) is 6.07 Å². The second-order valence-electron chi connectivity index (χ2n) is 6.77. The summed E-state index contributed by atoms with van der Waals surface area (Å²) in [6, 6.07) is 8.33. The third-order valence-electron chi connectivity index (χ3n) is 4.94. The molecule has 1 aromatic rings.